The standard InChI is InChI=1S/C25H22N2O4/c1-26-12-13-27(23-14-16(24(28)29)10-11-22(23)26)25(30)31-15-21-19-8-4-2-6-17(19)18-7-3-5-9-20(18)21/h2-11,14,21H,12-13,15H2,1H3,(H,28,29). The fraction of sp³-hybridized carbons (Fsp3) is 0.200. The molecule has 1 amide bonds. The number of carbonyl (C=O) groups excluding carboxylic acids is 1. The predicted molar refractivity (Wildman–Crippen MR) is 119 cm³/mol. The van der Waals surface area contributed by atoms with E-state index in [2.05, 4.69) is 24.3 Å². The Morgan fingerprint density at radius 2 is 1.58 bits per heavy atom. The minimum absolute atomic E-state index is 0.0198. The lowest BCUT2D eigenvalue weighted by molar-refractivity contribution is 0.0696. The van der Waals surface area contributed by atoms with Crippen LogP contribution in [0.2, 0.25) is 0 Å². The Morgan fingerprint density at radius 3 is 2.23 bits per heavy atom. The van der Waals surface area contributed by atoms with Crippen molar-refractivity contribution in [2.75, 3.05) is 36.5 Å². The lowest BCUT2D eigenvalue weighted by Crippen LogP contribution is -2.43. The summed E-state index contributed by atoms with van der Waals surface area (Å²) < 4.78 is 5.79. The molecule has 1 heterocycles. The molecule has 1 aliphatic heterocycles. The number of hydrogen-bond acceptors (Lipinski definition) is 4. The number of rotatable bonds is 3. The van der Waals surface area contributed by atoms with E-state index >= 15 is 0 Å². The van der Waals surface area contributed by atoms with Crippen LogP contribution in [-0.2, 0) is 4.74 Å². The molecule has 156 valence electrons. The molecule has 3 aromatic rings. The Kier molecular flexibility index (Phi) is 4.62. The first-order valence-corrected chi connectivity index (χ1v) is 10.3. The molecule has 6 heteroatoms. The smallest absolute Gasteiger partial charge is 0.414 e. The Bertz CT molecular complexity index is 1140. The number of hydrogen-bond donors (Lipinski definition) is 1. The van der Waals surface area contributed by atoms with E-state index in [4.69, 9.17) is 4.74 Å². The molecule has 0 fully saturated rings. The number of carboxylic acid groups (broad SMARTS) is 1. The molecule has 0 saturated heterocycles. The van der Waals surface area contributed by atoms with Crippen LogP contribution in [0.3, 0.4) is 0 Å². The number of nitrogens with zero attached hydrogens (tertiary/aromatic N) is 2. The van der Waals surface area contributed by atoms with Crippen LogP contribution in [0.15, 0.2) is 66.7 Å². The van der Waals surface area contributed by atoms with E-state index < -0.39 is 12.1 Å². The summed E-state index contributed by atoms with van der Waals surface area (Å²) in [6, 6.07) is 21.2. The van der Waals surface area contributed by atoms with E-state index in [-0.39, 0.29) is 18.1 Å². The number of anilines is 2. The molecule has 5 rings (SSSR count). The van der Waals surface area contributed by atoms with Crippen molar-refractivity contribution in [3.8, 4) is 11.1 Å². The van der Waals surface area contributed by atoms with Crippen molar-refractivity contribution in [1.82, 2.24) is 0 Å². The third-order valence-electron chi connectivity index (χ3n) is 6.14. The summed E-state index contributed by atoms with van der Waals surface area (Å²) in [5.41, 5.74) is 6.18. The average molecular weight is 414 g/mol. The summed E-state index contributed by atoms with van der Waals surface area (Å²) in [6.45, 7) is 1.31. The molecular formula is C25H22N2O4. The van der Waals surface area contributed by atoms with Crippen molar-refractivity contribution in [1.29, 1.82) is 0 Å². The van der Waals surface area contributed by atoms with Crippen LogP contribution in [0.1, 0.15) is 27.4 Å². The third kappa shape index (κ3) is 3.20. The maximum Gasteiger partial charge on any atom is 0.414 e. The van der Waals surface area contributed by atoms with E-state index in [1.807, 2.05) is 36.2 Å². The quantitative estimate of drug-likeness (QED) is 0.679. The molecule has 0 bridgehead atoms. The molecule has 31 heavy (non-hydrogen) atoms. The van der Waals surface area contributed by atoms with Gasteiger partial charge in [-0.2, -0.15) is 0 Å². The van der Waals surface area contributed by atoms with Gasteiger partial charge in [0, 0.05) is 26.1 Å². The van der Waals surface area contributed by atoms with Crippen molar-refractivity contribution in [2.24, 2.45) is 0 Å². The number of fused-ring (bicyclic) bond motifs is 4. The van der Waals surface area contributed by atoms with Crippen molar-refractivity contribution in [3.63, 3.8) is 0 Å². The number of amides is 1. The number of likely N-dealkylation sites (N-methyl/N-ethyl adjacent to an activating group) is 1. The molecule has 0 aromatic heterocycles. The van der Waals surface area contributed by atoms with Crippen LogP contribution >= 0.6 is 0 Å². The molecule has 0 atom stereocenters. The van der Waals surface area contributed by atoms with E-state index in [0.29, 0.717) is 18.8 Å². The van der Waals surface area contributed by atoms with E-state index in [1.54, 1.807) is 12.1 Å². The lowest BCUT2D eigenvalue weighted by Gasteiger charge is -2.35. The highest BCUT2D eigenvalue weighted by molar-refractivity contribution is 5.97. The molecule has 0 radical (unpaired) electrons. The van der Waals surface area contributed by atoms with Crippen molar-refractivity contribution >= 4 is 23.4 Å². The molecule has 3 aromatic carbocycles. The maximum absolute atomic E-state index is 13.1. The topological polar surface area (TPSA) is 70.1 Å². The lowest BCUT2D eigenvalue weighted by atomic mass is 9.98. The minimum atomic E-state index is -1.02. The molecule has 2 aliphatic rings. The molecular weight excluding hydrogens is 392 g/mol. The zero-order chi connectivity index (χ0) is 21.5. The van der Waals surface area contributed by atoms with E-state index in [1.165, 1.54) is 22.1 Å². The summed E-state index contributed by atoms with van der Waals surface area (Å²) >= 11 is 0. The minimum Gasteiger partial charge on any atom is -0.478 e. The van der Waals surface area contributed by atoms with Crippen LogP contribution in [0, 0.1) is 0 Å². The molecule has 0 spiro atoms. The van der Waals surface area contributed by atoms with Gasteiger partial charge in [-0.05, 0) is 40.5 Å². The van der Waals surface area contributed by atoms with Crippen molar-refractivity contribution < 1.29 is 19.4 Å². The highest BCUT2D eigenvalue weighted by atomic mass is 16.6. The largest absolute Gasteiger partial charge is 0.478 e. The summed E-state index contributed by atoms with van der Waals surface area (Å²) in [6.07, 6.45) is -0.459. The van der Waals surface area contributed by atoms with Gasteiger partial charge in [0.1, 0.15) is 6.61 Å². The van der Waals surface area contributed by atoms with Crippen LogP contribution in [-0.4, -0.2) is 43.9 Å². The maximum atomic E-state index is 13.1. The van der Waals surface area contributed by atoms with Crippen LogP contribution < -0.4 is 9.80 Å². The first-order chi connectivity index (χ1) is 15.0. The van der Waals surface area contributed by atoms with Gasteiger partial charge in [0.2, 0.25) is 0 Å². The molecule has 0 unspecified atom stereocenters. The Morgan fingerprint density at radius 1 is 0.935 bits per heavy atom. The summed E-state index contributed by atoms with van der Waals surface area (Å²) in [4.78, 5) is 28.0. The van der Waals surface area contributed by atoms with E-state index in [0.717, 1.165) is 16.8 Å². The number of ether oxygens (including phenoxy) is 1. The second kappa shape index (κ2) is 7.47. The Hall–Kier alpha value is -3.80. The van der Waals surface area contributed by atoms with Gasteiger partial charge in [-0.1, -0.05) is 48.5 Å². The second-order valence-corrected chi connectivity index (χ2v) is 7.89. The molecule has 1 N–H and O–H groups in total. The molecule has 6 nitrogen and oxygen atoms in total. The van der Waals surface area contributed by atoms with Gasteiger partial charge in [-0.25, -0.2) is 9.59 Å². The summed E-state index contributed by atoms with van der Waals surface area (Å²) in [5.74, 6) is -1.04. The monoisotopic (exact) mass is 414 g/mol. The van der Waals surface area contributed by atoms with Gasteiger partial charge in [0.15, 0.2) is 0 Å². The van der Waals surface area contributed by atoms with Gasteiger partial charge < -0.3 is 14.7 Å². The molecule has 1 aliphatic carbocycles. The fourth-order valence-corrected chi connectivity index (χ4v) is 4.55. The second-order valence-electron chi connectivity index (χ2n) is 7.89. The average Bonchev–Trinajstić information content (AvgIpc) is 3.11. The zero-order valence-corrected chi connectivity index (χ0v) is 17.1. The first kappa shape index (κ1) is 19.2. The Labute approximate surface area is 180 Å². The third-order valence-corrected chi connectivity index (χ3v) is 6.14. The SMILES string of the molecule is CN1CCN(C(=O)OCC2c3ccccc3-c3ccccc32)c2cc(C(=O)O)ccc21. The van der Waals surface area contributed by atoms with Crippen LogP contribution in [0.4, 0.5) is 16.2 Å². The number of aromatic carboxylic acids is 1. The fourth-order valence-electron chi connectivity index (χ4n) is 4.55. The number of benzene rings is 3. The highest BCUT2D eigenvalue weighted by Crippen LogP contribution is 2.44. The number of carbonyl (C=O) groups is 2. The van der Waals surface area contributed by atoms with Crippen LogP contribution in [0.25, 0.3) is 11.1 Å². The van der Waals surface area contributed by atoms with Gasteiger partial charge in [-0.3, -0.25) is 4.90 Å². The Balaban J connectivity index is 1.41. The first-order valence-electron chi connectivity index (χ1n) is 10.3. The van der Waals surface area contributed by atoms with Gasteiger partial charge in [0.05, 0.1) is 16.9 Å². The van der Waals surface area contributed by atoms with Crippen LogP contribution in [0.5, 0.6) is 0 Å². The van der Waals surface area contributed by atoms with E-state index in [9.17, 15) is 14.7 Å². The number of carboxylic acids is 1. The molecule has 0 saturated carbocycles. The predicted octanol–water partition coefficient (Wildman–Crippen LogP) is 4.59. The summed E-state index contributed by atoms with van der Waals surface area (Å²) in [5, 5.41) is 9.36. The van der Waals surface area contributed by atoms with Crippen molar-refractivity contribution in [2.45, 2.75) is 5.92 Å². The highest BCUT2D eigenvalue weighted by Gasteiger charge is 2.31. The van der Waals surface area contributed by atoms with Gasteiger partial charge in [-0.15, -0.1) is 0 Å². The summed E-state index contributed by atoms with van der Waals surface area (Å²) in [7, 11) is 1.92. The zero-order valence-electron chi connectivity index (χ0n) is 17.1. The normalized spacial score (nSPS) is 14.6. The van der Waals surface area contributed by atoms with Crippen molar-refractivity contribution in [3.05, 3.63) is 83.4 Å². The van der Waals surface area contributed by atoms with Gasteiger partial charge in [0.25, 0.3) is 0 Å². The van der Waals surface area contributed by atoms with Gasteiger partial charge >= 0.3 is 12.1 Å².